The summed E-state index contributed by atoms with van der Waals surface area (Å²) in [4.78, 5) is 23.5. The van der Waals surface area contributed by atoms with Crippen molar-refractivity contribution in [2.45, 2.75) is 38.4 Å². The summed E-state index contributed by atoms with van der Waals surface area (Å²) in [7, 11) is 1.33. The van der Waals surface area contributed by atoms with E-state index in [0.29, 0.717) is 11.3 Å². The number of anilines is 1. The number of ether oxygens (including phenoxy) is 1. The Balaban J connectivity index is 1.94. The quantitative estimate of drug-likeness (QED) is 0.602. The second-order valence-electron chi connectivity index (χ2n) is 5.65. The van der Waals surface area contributed by atoms with Crippen LogP contribution >= 0.6 is 11.8 Å². The number of nitrogens with zero attached hydrogens (tertiary/aromatic N) is 3. The van der Waals surface area contributed by atoms with Crippen molar-refractivity contribution < 1.29 is 14.3 Å². The minimum absolute atomic E-state index is 0.146. The molecule has 0 unspecified atom stereocenters. The molecule has 1 aromatic heterocycles. The summed E-state index contributed by atoms with van der Waals surface area (Å²) < 4.78 is 6.66. The van der Waals surface area contributed by atoms with Gasteiger partial charge in [0.2, 0.25) is 5.91 Å². The largest absolute Gasteiger partial charge is 0.465 e. The maximum Gasteiger partial charge on any atom is 0.337 e. The lowest BCUT2D eigenvalue weighted by Crippen LogP contribution is -2.15. The van der Waals surface area contributed by atoms with E-state index in [1.54, 1.807) is 24.3 Å². The molecule has 0 atom stereocenters. The summed E-state index contributed by atoms with van der Waals surface area (Å²) in [5.41, 5.74) is 1.06. The highest BCUT2D eigenvalue weighted by Crippen LogP contribution is 2.21. The number of benzene rings is 1. The predicted molar refractivity (Wildman–Crippen MR) is 96.9 cm³/mol. The van der Waals surface area contributed by atoms with Crippen LogP contribution in [0.2, 0.25) is 0 Å². The normalized spacial score (nSPS) is 10.8. The molecule has 1 aromatic carbocycles. The van der Waals surface area contributed by atoms with Crippen LogP contribution < -0.4 is 5.32 Å². The molecule has 2 rings (SSSR count). The molecule has 7 nitrogen and oxygen atoms in total. The van der Waals surface area contributed by atoms with Crippen LogP contribution in [0.4, 0.5) is 5.69 Å². The second kappa shape index (κ2) is 8.66. The number of carbonyl (C=O) groups is 2. The van der Waals surface area contributed by atoms with Crippen LogP contribution in [0, 0.1) is 0 Å². The molecule has 0 aliphatic carbocycles. The van der Waals surface area contributed by atoms with E-state index in [-0.39, 0.29) is 17.6 Å². The molecule has 0 spiro atoms. The number of hydrogen-bond donors (Lipinski definition) is 1. The number of methoxy groups -OCH3 is 1. The zero-order chi connectivity index (χ0) is 18.4. The van der Waals surface area contributed by atoms with Gasteiger partial charge >= 0.3 is 5.97 Å². The summed E-state index contributed by atoms with van der Waals surface area (Å²) in [6, 6.07) is 6.55. The van der Waals surface area contributed by atoms with Gasteiger partial charge in [0.05, 0.1) is 18.4 Å². The molecular formula is C17H22N4O3S. The van der Waals surface area contributed by atoms with Gasteiger partial charge in [0.1, 0.15) is 5.82 Å². The van der Waals surface area contributed by atoms with Gasteiger partial charge < -0.3 is 14.6 Å². The lowest BCUT2D eigenvalue weighted by atomic mass is 10.2. The average Bonchev–Trinajstić information content (AvgIpc) is 3.03. The van der Waals surface area contributed by atoms with E-state index in [1.807, 2.05) is 11.5 Å². The number of thioether (sulfide) groups is 1. The van der Waals surface area contributed by atoms with E-state index in [9.17, 15) is 9.59 Å². The highest BCUT2D eigenvalue weighted by Gasteiger charge is 2.15. The summed E-state index contributed by atoms with van der Waals surface area (Å²) in [5.74, 6) is 0.878. The first-order chi connectivity index (χ1) is 12.0. The standard InChI is InChI=1S/C17H22N4O3S/c1-5-21-15(11(2)3)19-20-17(21)25-10-14(22)18-13-8-6-12(7-9-13)16(23)24-4/h6-9,11H,5,10H2,1-4H3,(H,18,22). The van der Waals surface area contributed by atoms with Gasteiger partial charge in [-0.05, 0) is 31.2 Å². The van der Waals surface area contributed by atoms with Crippen molar-refractivity contribution in [1.29, 1.82) is 0 Å². The third-order valence-electron chi connectivity index (χ3n) is 3.50. The van der Waals surface area contributed by atoms with E-state index in [2.05, 4.69) is 34.1 Å². The number of aromatic nitrogens is 3. The highest BCUT2D eigenvalue weighted by molar-refractivity contribution is 7.99. The molecule has 0 saturated heterocycles. The lowest BCUT2D eigenvalue weighted by molar-refractivity contribution is -0.113. The van der Waals surface area contributed by atoms with Crippen LogP contribution in [0.15, 0.2) is 29.4 Å². The van der Waals surface area contributed by atoms with Crippen molar-refractivity contribution in [1.82, 2.24) is 14.8 Å². The molecule has 8 heteroatoms. The van der Waals surface area contributed by atoms with E-state index in [4.69, 9.17) is 0 Å². The fourth-order valence-corrected chi connectivity index (χ4v) is 3.08. The van der Waals surface area contributed by atoms with Crippen LogP contribution in [0.1, 0.15) is 42.9 Å². The Kier molecular flexibility index (Phi) is 6.58. The smallest absolute Gasteiger partial charge is 0.337 e. The van der Waals surface area contributed by atoms with Gasteiger partial charge in [-0.1, -0.05) is 25.6 Å². The van der Waals surface area contributed by atoms with E-state index in [1.165, 1.54) is 18.9 Å². The lowest BCUT2D eigenvalue weighted by Gasteiger charge is -2.09. The Hall–Kier alpha value is -2.35. The fourth-order valence-electron chi connectivity index (χ4n) is 2.27. The summed E-state index contributed by atoms with van der Waals surface area (Å²) in [6.45, 7) is 6.92. The van der Waals surface area contributed by atoms with Gasteiger partial charge in [-0.15, -0.1) is 10.2 Å². The van der Waals surface area contributed by atoms with E-state index >= 15 is 0 Å². The first-order valence-electron chi connectivity index (χ1n) is 8.00. The second-order valence-corrected chi connectivity index (χ2v) is 6.59. The molecule has 0 fully saturated rings. The first kappa shape index (κ1) is 19.0. The van der Waals surface area contributed by atoms with Crippen molar-refractivity contribution in [3.8, 4) is 0 Å². The average molecular weight is 362 g/mol. The summed E-state index contributed by atoms with van der Waals surface area (Å²) >= 11 is 1.35. The van der Waals surface area contributed by atoms with Gasteiger partial charge in [0.25, 0.3) is 0 Å². The van der Waals surface area contributed by atoms with Crippen LogP contribution in [0.3, 0.4) is 0 Å². The van der Waals surface area contributed by atoms with Gasteiger partial charge in [-0.25, -0.2) is 4.79 Å². The third kappa shape index (κ3) is 4.82. The molecule has 1 N–H and O–H groups in total. The molecule has 0 saturated carbocycles. The van der Waals surface area contributed by atoms with Crippen molar-refractivity contribution in [2.24, 2.45) is 0 Å². The van der Waals surface area contributed by atoms with E-state index < -0.39 is 5.97 Å². The van der Waals surface area contributed by atoms with Gasteiger partial charge in [0, 0.05) is 18.2 Å². The van der Waals surface area contributed by atoms with Crippen LogP contribution in [0.25, 0.3) is 0 Å². The molecule has 25 heavy (non-hydrogen) atoms. The Morgan fingerprint density at radius 2 is 1.92 bits per heavy atom. The van der Waals surface area contributed by atoms with E-state index in [0.717, 1.165) is 17.5 Å². The van der Waals surface area contributed by atoms with Gasteiger partial charge in [0.15, 0.2) is 5.16 Å². The van der Waals surface area contributed by atoms with Crippen LogP contribution in [-0.4, -0.2) is 39.5 Å². The number of nitrogens with one attached hydrogen (secondary N) is 1. The number of carbonyl (C=O) groups excluding carboxylic acids is 2. The molecule has 0 aliphatic rings. The molecule has 0 aliphatic heterocycles. The molecule has 2 aromatic rings. The number of hydrogen-bond acceptors (Lipinski definition) is 6. The molecule has 1 heterocycles. The highest BCUT2D eigenvalue weighted by atomic mass is 32.2. The Bertz CT molecular complexity index is 741. The molecule has 1 amide bonds. The first-order valence-corrected chi connectivity index (χ1v) is 8.99. The molecular weight excluding hydrogens is 340 g/mol. The fraction of sp³-hybridized carbons (Fsp3) is 0.412. The van der Waals surface area contributed by atoms with Gasteiger partial charge in [-0.3, -0.25) is 4.79 Å². The van der Waals surface area contributed by atoms with Crippen molar-refractivity contribution in [2.75, 3.05) is 18.2 Å². The summed E-state index contributed by atoms with van der Waals surface area (Å²) in [5, 5.41) is 11.9. The minimum atomic E-state index is -0.409. The maximum absolute atomic E-state index is 12.1. The topological polar surface area (TPSA) is 86.1 Å². The van der Waals surface area contributed by atoms with Gasteiger partial charge in [-0.2, -0.15) is 0 Å². The van der Waals surface area contributed by atoms with Crippen LogP contribution in [0.5, 0.6) is 0 Å². The number of rotatable bonds is 7. The van der Waals surface area contributed by atoms with Crippen molar-refractivity contribution in [3.05, 3.63) is 35.7 Å². The zero-order valence-electron chi connectivity index (χ0n) is 14.8. The monoisotopic (exact) mass is 362 g/mol. The summed E-state index contributed by atoms with van der Waals surface area (Å²) in [6.07, 6.45) is 0. The Labute approximate surface area is 151 Å². The maximum atomic E-state index is 12.1. The molecule has 0 bridgehead atoms. The number of esters is 1. The third-order valence-corrected chi connectivity index (χ3v) is 4.47. The molecule has 134 valence electrons. The van der Waals surface area contributed by atoms with Crippen molar-refractivity contribution >= 4 is 29.3 Å². The SMILES string of the molecule is CCn1c(SCC(=O)Nc2ccc(C(=O)OC)cc2)nnc1C(C)C. The van der Waals surface area contributed by atoms with Crippen molar-refractivity contribution in [3.63, 3.8) is 0 Å². The number of amides is 1. The predicted octanol–water partition coefficient (Wildman–Crippen LogP) is 2.94. The Morgan fingerprint density at radius 1 is 1.24 bits per heavy atom. The zero-order valence-corrected chi connectivity index (χ0v) is 15.6. The minimum Gasteiger partial charge on any atom is -0.465 e. The molecule has 0 radical (unpaired) electrons. The Morgan fingerprint density at radius 3 is 2.48 bits per heavy atom. The van der Waals surface area contributed by atoms with Crippen LogP contribution in [-0.2, 0) is 16.1 Å².